The Morgan fingerprint density at radius 1 is 0.943 bits per heavy atom. The van der Waals surface area contributed by atoms with E-state index in [1.807, 2.05) is 26.8 Å². The number of amides is 2. The maximum atomic E-state index is 13.1. The summed E-state index contributed by atoms with van der Waals surface area (Å²) < 4.78 is 11.0. The van der Waals surface area contributed by atoms with E-state index in [9.17, 15) is 14.4 Å². The molecular weight excluding hydrogens is 468 g/mol. The van der Waals surface area contributed by atoms with Crippen LogP contribution >= 0.6 is 11.6 Å². The molecule has 0 unspecified atom stereocenters. The Bertz CT molecular complexity index is 1330. The molecule has 0 spiro atoms. The maximum Gasteiger partial charge on any atom is 0.343 e. The highest BCUT2D eigenvalue weighted by Gasteiger charge is 2.40. The van der Waals surface area contributed by atoms with E-state index in [4.69, 9.17) is 21.1 Å². The first-order valence-corrected chi connectivity index (χ1v) is 11.3. The third kappa shape index (κ3) is 5.05. The average molecular weight is 491 g/mol. The summed E-state index contributed by atoms with van der Waals surface area (Å²) in [7, 11) is 0. The molecule has 0 radical (unpaired) electrons. The highest BCUT2D eigenvalue weighted by molar-refractivity contribution is 6.53. The molecule has 0 fully saturated rings. The van der Waals surface area contributed by atoms with Crippen LogP contribution in [0.1, 0.15) is 28.4 Å². The Labute approximate surface area is 207 Å². The van der Waals surface area contributed by atoms with Crippen LogP contribution in [0.25, 0.3) is 0 Å². The van der Waals surface area contributed by atoms with Gasteiger partial charge in [0.25, 0.3) is 11.8 Å². The van der Waals surface area contributed by atoms with Gasteiger partial charge in [0, 0.05) is 5.69 Å². The average Bonchev–Trinajstić information content (AvgIpc) is 3.02. The number of imide groups is 1. The van der Waals surface area contributed by atoms with Gasteiger partial charge in [-0.05, 0) is 80.4 Å². The molecule has 1 heterocycles. The number of aryl methyl sites for hydroxylation is 2. The number of benzene rings is 3. The molecule has 2 amide bonds. The van der Waals surface area contributed by atoms with E-state index in [0.717, 1.165) is 16.0 Å². The van der Waals surface area contributed by atoms with Gasteiger partial charge in [0.2, 0.25) is 0 Å². The molecule has 8 heteroatoms. The van der Waals surface area contributed by atoms with Crippen LogP contribution in [-0.2, 0) is 9.59 Å². The molecular formula is C27H23ClN2O5. The Hall–Kier alpha value is -4.10. The summed E-state index contributed by atoms with van der Waals surface area (Å²) in [6, 6.07) is 18.6. The van der Waals surface area contributed by atoms with Gasteiger partial charge in [0.1, 0.15) is 22.2 Å². The Morgan fingerprint density at radius 3 is 2.26 bits per heavy atom. The predicted molar refractivity (Wildman–Crippen MR) is 134 cm³/mol. The number of nitrogens with zero attached hydrogens (tertiary/aromatic N) is 1. The molecule has 7 nitrogen and oxygen atoms in total. The summed E-state index contributed by atoms with van der Waals surface area (Å²) >= 11 is 6.24. The van der Waals surface area contributed by atoms with Crippen LogP contribution < -0.4 is 19.7 Å². The molecule has 0 saturated heterocycles. The van der Waals surface area contributed by atoms with Crippen LogP contribution in [0.3, 0.4) is 0 Å². The second-order valence-electron chi connectivity index (χ2n) is 7.95. The van der Waals surface area contributed by atoms with Gasteiger partial charge in [-0.2, -0.15) is 0 Å². The van der Waals surface area contributed by atoms with E-state index < -0.39 is 17.8 Å². The molecule has 4 rings (SSSR count). The van der Waals surface area contributed by atoms with Crippen LogP contribution in [-0.4, -0.2) is 24.4 Å². The molecule has 1 N–H and O–H groups in total. The number of para-hydroxylation sites is 2. The lowest BCUT2D eigenvalue weighted by molar-refractivity contribution is -0.120. The maximum absolute atomic E-state index is 13.1. The molecule has 0 aromatic heterocycles. The van der Waals surface area contributed by atoms with Crippen LogP contribution in [0, 0.1) is 13.8 Å². The minimum atomic E-state index is -0.653. The first-order chi connectivity index (χ1) is 16.8. The fourth-order valence-corrected chi connectivity index (χ4v) is 3.95. The summed E-state index contributed by atoms with van der Waals surface area (Å²) in [6.07, 6.45) is 0. The number of anilines is 2. The summed E-state index contributed by atoms with van der Waals surface area (Å²) in [5, 5.41) is 2.66. The smallest absolute Gasteiger partial charge is 0.343 e. The van der Waals surface area contributed by atoms with Gasteiger partial charge >= 0.3 is 5.97 Å². The standard InChI is InChI=1S/C27H23ClN2O5/c1-4-34-22-8-6-5-7-21(22)30-25(31)23(28)24(26(30)32)29-19-11-9-18(10-12-19)27(33)35-20-14-16(2)13-17(3)15-20/h5-15,29H,4H2,1-3H3. The quantitative estimate of drug-likeness (QED) is 0.273. The monoisotopic (exact) mass is 490 g/mol. The molecule has 0 aliphatic carbocycles. The summed E-state index contributed by atoms with van der Waals surface area (Å²) in [6.45, 7) is 6.04. The van der Waals surface area contributed by atoms with Crippen LogP contribution in [0.2, 0.25) is 0 Å². The third-order valence-electron chi connectivity index (χ3n) is 5.23. The van der Waals surface area contributed by atoms with Crippen molar-refractivity contribution in [2.24, 2.45) is 0 Å². The number of carbonyl (C=O) groups is 3. The van der Waals surface area contributed by atoms with Gasteiger partial charge in [-0.25, -0.2) is 9.69 Å². The van der Waals surface area contributed by atoms with Gasteiger partial charge in [-0.15, -0.1) is 0 Å². The predicted octanol–water partition coefficient (Wildman–Crippen LogP) is 5.36. The van der Waals surface area contributed by atoms with Crippen molar-refractivity contribution in [2.45, 2.75) is 20.8 Å². The number of hydrogen-bond acceptors (Lipinski definition) is 6. The zero-order chi connectivity index (χ0) is 25.1. The van der Waals surface area contributed by atoms with Crippen LogP contribution in [0.15, 0.2) is 77.5 Å². The largest absolute Gasteiger partial charge is 0.492 e. The highest BCUT2D eigenvalue weighted by atomic mass is 35.5. The SMILES string of the molecule is CCOc1ccccc1N1C(=O)C(Cl)=C(Nc2ccc(C(=O)Oc3cc(C)cc(C)c3)cc2)C1=O. The van der Waals surface area contributed by atoms with Crippen molar-refractivity contribution in [1.29, 1.82) is 0 Å². The molecule has 178 valence electrons. The summed E-state index contributed by atoms with van der Waals surface area (Å²) in [5.41, 5.74) is 3.03. The number of carbonyl (C=O) groups excluding carboxylic acids is 3. The van der Waals surface area contributed by atoms with Gasteiger partial charge in [0.05, 0.1) is 17.9 Å². The van der Waals surface area contributed by atoms with Crippen molar-refractivity contribution < 1.29 is 23.9 Å². The van der Waals surface area contributed by atoms with Gasteiger partial charge in [0.15, 0.2) is 0 Å². The lowest BCUT2D eigenvalue weighted by atomic mass is 10.1. The first-order valence-electron chi connectivity index (χ1n) is 11.0. The van der Waals surface area contributed by atoms with Crippen molar-refractivity contribution in [3.05, 3.63) is 94.1 Å². The zero-order valence-corrected chi connectivity index (χ0v) is 20.2. The van der Waals surface area contributed by atoms with Crippen LogP contribution in [0.4, 0.5) is 11.4 Å². The molecule has 1 aliphatic rings. The van der Waals surface area contributed by atoms with E-state index in [-0.39, 0.29) is 10.7 Å². The lowest BCUT2D eigenvalue weighted by Crippen LogP contribution is -2.32. The summed E-state index contributed by atoms with van der Waals surface area (Å²) in [4.78, 5) is 39.4. The Morgan fingerprint density at radius 2 is 1.60 bits per heavy atom. The third-order valence-corrected chi connectivity index (χ3v) is 5.58. The molecule has 35 heavy (non-hydrogen) atoms. The van der Waals surface area contributed by atoms with Gasteiger partial charge < -0.3 is 14.8 Å². The van der Waals surface area contributed by atoms with E-state index in [1.54, 1.807) is 60.7 Å². The fourth-order valence-electron chi connectivity index (χ4n) is 3.74. The minimum absolute atomic E-state index is 0.0615. The van der Waals surface area contributed by atoms with E-state index >= 15 is 0 Å². The number of rotatable bonds is 7. The summed E-state index contributed by atoms with van der Waals surface area (Å²) in [5.74, 6) is -0.904. The molecule has 3 aromatic rings. The van der Waals surface area contributed by atoms with Crippen molar-refractivity contribution >= 4 is 40.8 Å². The topological polar surface area (TPSA) is 84.9 Å². The molecule has 0 atom stereocenters. The first kappa shape index (κ1) is 24.0. The number of halogens is 1. The van der Waals surface area contributed by atoms with Gasteiger partial charge in [-0.3, -0.25) is 9.59 Å². The van der Waals surface area contributed by atoms with Crippen molar-refractivity contribution in [2.75, 3.05) is 16.8 Å². The number of nitrogens with one attached hydrogen (secondary N) is 1. The fraction of sp³-hybridized carbons (Fsp3) is 0.148. The van der Waals surface area contributed by atoms with E-state index in [2.05, 4.69) is 5.32 Å². The minimum Gasteiger partial charge on any atom is -0.492 e. The normalized spacial score (nSPS) is 13.3. The number of hydrogen-bond donors (Lipinski definition) is 1. The second kappa shape index (κ2) is 10.0. The van der Waals surface area contributed by atoms with Crippen LogP contribution in [0.5, 0.6) is 11.5 Å². The number of esters is 1. The molecule has 3 aromatic carbocycles. The van der Waals surface area contributed by atoms with E-state index in [1.165, 1.54) is 0 Å². The Kier molecular flexibility index (Phi) is 6.89. The number of ether oxygens (including phenoxy) is 2. The molecule has 0 bridgehead atoms. The Balaban J connectivity index is 1.50. The lowest BCUT2D eigenvalue weighted by Gasteiger charge is -2.18. The highest BCUT2D eigenvalue weighted by Crippen LogP contribution is 2.35. The van der Waals surface area contributed by atoms with E-state index in [0.29, 0.717) is 35.0 Å². The van der Waals surface area contributed by atoms with Gasteiger partial charge in [-0.1, -0.05) is 29.8 Å². The zero-order valence-electron chi connectivity index (χ0n) is 19.4. The molecule has 0 saturated carbocycles. The van der Waals surface area contributed by atoms with Crippen molar-refractivity contribution in [3.8, 4) is 11.5 Å². The van der Waals surface area contributed by atoms with Crippen molar-refractivity contribution in [1.82, 2.24) is 0 Å². The molecule has 1 aliphatic heterocycles. The second-order valence-corrected chi connectivity index (χ2v) is 8.33. The van der Waals surface area contributed by atoms with Crippen molar-refractivity contribution in [3.63, 3.8) is 0 Å².